The van der Waals surface area contributed by atoms with E-state index in [9.17, 15) is 9.59 Å². The van der Waals surface area contributed by atoms with Crippen molar-refractivity contribution in [3.8, 4) is 11.5 Å². The molecule has 1 amide bonds. The van der Waals surface area contributed by atoms with Crippen molar-refractivity contribution in [2.45, 2.75) is 18.9 Å². The fourth-order valence-corrected chi connectivity index (χ4v) is 2.71. The van der Waals surface area contributed by atoms with Gasteiger partial charge in [0.05, 0.1) is 11.3 Å². The SMILES string of the molecule is O=C(COC(=O)c1ccc(NC2CC2)nc1)Nc1ccccc1Oc1ccccc1. The Morgan fingerprint density at radius 2 is 1.73 bits per heavy atom. The number of rotatable bonds is 8. The molecule has 0 aliphatic heterocycles. The summed E-state index contributed by atoms with van der Waals surface area (Å²) >= 11 is 0. The highest BCUT2D eigenvalue weighted by Crippen LogP contribution is 2.29. The molecular formula is C23H21N3O4. The largest absolute Gasteiger partial charge is 0.455 e. The number of para-hydroxylation sites is 3. The highest BCUT2D eigenvalue weighted by Gasteiger charge is 2.21. The van der Waals surface area contributed by atoms with Crippen molar-refractivity contribution < 1.29 is 19.1 Å². The summed E-state index contributed by atoms with van der Waals surface area (Å²) in [6, 6.07) is 20.1. The van der Waals surface area contributed by atoms with Gasteiger partial charge in [-0.3, -0.25) is 4.79 Å². The van der Waals surface area contributed by atoms with Gasteiger partial charge in [0.2, 0.25) is 0 Å². The monoisotopic (exact) mass is 403 g/mol. The molecule has 30 heavy (non-hydrogen) atoms. The number of carbonyl (C=O) groups excluding carboxylic acids is 2. The fourth-order valence-electron chi connectivity index (χ4n) is 2.71. The lowest BCUT2D eigenvalue weighted by atomic mass is 10.2. The smallest absolute Gasteiger partial charge is 0.340 e. The lowest BCUT2D eigenvalue weighted by Crippen LogP contribution is -2.21. The second-order valence-electron chi connectivity index (χ2n) is 6.89. The summed E-state index contributed by atoms with van der Waals surface area (Å²) in [5.74, 6) is 0.794. The number of hydrogen-bond acceptors (Lipinski definition) is 6. The van der Waals surface area contributed by atoms with E-state index in [1.165, 1.54) is 6.20 Å². The Morgan fingerprint density at radius 3 is 2.47 bits per heavy atom. The van der Waals surface area contributed by atoms with Gasteiger partial charge in [-0.15, -0.1) is 0 Å². The second kappa shape index (κ2) is 9.09. The van der Waals surface area contributed by atoms with Crippen LogP contribution in [0.3, 0.4) is 0 Å². The average molecular weight is 403 g/mol. The van der Waals surface area contributed by atoms with Crippen LogP contribution in [-0.4, -0.2) is 29.5 Å². The molecule has 1 heterocycles. The normalized spacial score (nSPS) is 12.7. The highest BCUT2D eigenvalue weighted by molar-refractivity contribution is 5.96. The van der Waals surface area contributed by atoms with Crippen LogP contribution < -0.4 is 15.4 Å². The number of benzene rings is 2. The number of ether oxygens (including phenoxy) is 2. The van der Waals surface area contributed by atoms with Gasteiger partial charge in [0.1, 0.15) is 11.6 Å². The number of aromatic nitrogens is 1. The third-order valence-corrected chi connectivity index (χ3v) is 4.40. The van der Waals surface area contributed by atoms with Gasteiger partial charge in [-0.1, -0.05) is 30.3 Å². The predicted molar refractivity (Wildman–Crippen MR) is 113 cm³/mol. The van der Waals surface area contributed by atoms with Gasteiger partial charge in [0.15, 0.2) is 12.4 Å². The molecule has 0 unspecified atom stereocenters. The Kier molecular flexibility index (Phi) is 5.89. The van der Waals surface area contributed by atoms with Gasteiger partial charge in [-0.2, -0.15) is 0 Å². The van der Waals surface area contributed by atoms with Crippen molar-refractivity contribution in [2.24, 2.45) is 0 Å². The van der Waals surface area contributed by atoms with Crippen LogP contribution in [0.25, 0.3) is 0 Å². The lowest BCUT2D eigenvalue weighted by molar-refractivity contribution is -0.119. The molecule has 152 valence electrons. The Morgan fingerprint density at radius 1 is 0.967 bits per heavy atom. The molecular weight excluding hydrogens is 382 g/mol. The van der Waals surface area contributed by atoms with Gasteiger partial charge in [-0.05, 0) is 49.2 Å². The molecule has 7 nitrogen and oxygen atoms in total. The molecule has 0 bridgehead atoms. The number of nitrogens with zero attached hydrogens (tertiary/aromatic N) is 1. The molecule has 7 heteroatoms. The number of carbonyl (C=O) groups is 2. The second-order valence-corrected chi connectivity index (χ2v) is 6.89. The zero-order valence-corrected chi connectivity index (χ0v) is 16.2. The lowest BCUT2D eigenvalue weighted by Gasteiger charge is -2.12. The molecule has 1 aliphatic rings. The fraction of sp³-hybridized carbons (Fsp3) is 0.174. The number of nitrogens with one attached hydrogen (secondary N) is 2. The van der Waals surface area contributed by atoms with Crippen LogP contribution in [0.4, 0.5) is 11.5 Å². The molecule has 2 aromatic carbocycles. The van der Waals surface area contributed by atoms with E-state index in [-0.39, 0.29) is 5.56 Å². The van der Waals surface area contributed by atoms with Gasteiger partial charge in [0, 0.05) is 12.2 Å². The van der Waals surface area contributed by atoms with Gasteiger partial charge < -0.3 is 20.1 Å². The summed E-state index contributed by atoms with van der Waals surface area (Å²) in [7, 11) is 0. The van der Waals surface area contributed by atoms with Gasteiger partial charge in [0.25, 0.3) is 5.91 Å². The number of hydrogen-bond donors (Lipinski definition) is 2. The molecule has 0 atom stereocenters. The van der Waals surface area contributed by atoms with E-state index in [1.54, 1.807) is 30.3 Å². The number of amides is 1. The zero-order chi connectivity index (χ0) is 20.8. The third-order valence-electron chi connectivity index (χ3n) is 4.40. The Hall–Kier alpha value is -3.87. The van der Waals surface area contributed by atoms with Crippen molar-refractivity contribution in [1.82, 2.24) is 4.98 Å². The maximum atomic E-state index is 12.3. The van der Waals surface area contributed by atoms with Crippen LogP contribution in [0.1, 0.15) is 23.2 Å². The summed E-state index contributed by atoms with van der Waals surface area (Å²) in [5.41, 5.74) is 0.775. The molecule has 0 spiro atoms. The van der Waals surface area contributed by atoms with E-state index in [0.29, 0.717) is 23.2 Å². The quantitative estimate of drug-likeness (QED) is 0.547. The van der Waals surface area contributed by atoms with E-state index in [2.05, 4.69) is 15.6 Å². The first kappa shape index (κ1) is 19.4. The minimum Gasteiger partial charge on any atom is -0.455 e. The number of anilines is 2. The first-order valence-electron chi connectivity index (χ1n) is 9.69. The van der Waals surface area contributed by atoms with E-state index in [0.717, 1.165) is 18.7 Å². The summed E-state index contributed by atoms with van der Waals surface area (Å²) in [4.78, 5) is 28.6. The van der Waals surface area contributed by atoms with Crippen LogP contribution in [0.5, 0.6) is 11.5 Å². The van der Waals surface area contributed by atoms with Gasteiger partial charge in [-0.25, -0.2) is 9.78 Å². The minimum atomic E-state index is -0.607. The predicted octanol–water partition coefficient (Wildman–Crippen LogP) is 4.24. The van der Waals surface area contributed by atoms with Crippen LogP contribution in [-0.2, 0) is 9.53 Å². The Balaban J connectivity index is 1.31. The summed E-state index contributed by atoms with van der Waals surface area (Å²) in [6.07, 6.45) is 3.72. The van der Waals surface area contributed by atoms with E-state index >= 15 is 0 Å². The molecule has 1 fully saturated rings. The molecule has 0 saturated heterocycles. The molecule has 3 aromatic rings. The Bertz CT molecular complexity index is 1020. The van der Waals surface area contributed by atoms with Gasteiger partial charge >= 0.3 is 5.97 Å². The van der Waals surface area contributed by atoms with Crippen molar-refractivity contribution in [3.05, 3.63) is 78.5 Å². The highest BCUT2D eigenvalue weighted by atomic mass is 16.5. The topological polar surface area (TPSA) is 89.6 Å². The third kappa shape index (κ3) is 5.35. The Labute approximate surface area is 174 Å². The maximum Gasteiger partial charge on any atom is 0.340 e. The summed E-state index contributed by atoms with van der Waals surface area (Å²) in [5, 5.41) is 5.95. The minimum absolute atomic E-state index is 0.289. The molecule has 0 radical (unpaired) electrons. The summed E-state index contributed by atoms with van der Waals surface area (Å²) in [6.45, 7) is -0.416. The molecule has 2 N–H and O–H groups in total. The van der Waals surface area contributed by atoms with Crippen molar-refractivity contribution >= 4 is 23.4 Å². The van der Waals surface area contributed by atoms with Crippen LogP contribution in [0.15, 0.2) is 72.9 Å². The maximum absolute atomic E-state index is 12.3. The first-order chi connectivity index (χ1) is 14.7. The van der Waals surface area contributed by atoms with E-state index in [1.807, 2.05) is 36.4 Å². The number of esters is 1. The van der Waals surface area contributed by atoms with Crippen LogP contribution in [0.2, 0.25) is 0 Å². The van der Waals surface area contributed by atoms with Crippen LogP contribution >= 0.6 is 0 Å². The summed E-state index contributed by atoms with van der Waals surface area (Å²) < 4.78 is 10.9. The van der Waals surface area contributed by atoms with Crippen molar-refractivity contribution in [1.29, 1.82) is 0 Å². The van der Waals surface area contributed by atoms with Crippen molar-refractivity contribution in [3.63, 3.8) is 0 Å². The molecule has 1 aliphatic carbocycles. The molecule has 1 aromatic heterocycles. The number of pyridine rings is 1. The van der Waals surface area contributed by atoms with Crippen LogP contribution in [0, 0.1) is 0 Å². The van der Waals surface area contributed by atoms with E-state index in [4.69, 9.17) is 9.47 Å². The zero-order valence-electron chi connectivity index (χ0n) is 16.2. The standard InChI is InChI=1S/C23H21N3O4/c27-22(15-29-23(28)16-10-13-21(24-14-16)25-17-11-12-17)26-19-8-4-5-9-20(19)30-18-6-2-1-3-7-18/h1-10,13-14,17H,11-12,15H2,(H,24,25)(H,26,27). The average Bonchev–Trinajstić information content (AvgIpc) is 3.59. The first-order valence-corrected chi connectivity index (χ1v) is 9.69. The molecule has 4 rings (SSSR count). The van der Waals surface area contributed by atoms with E-state index < -0.39 is 18.5 Å². The van der Waals surface area contributed by atoms with Crippen molar-refractivity contribution in [2.75, 3.05) is 17.2 Å². The molecule has 1 saturated carbocycles.